The molecule has 2 saturated heterocycles. The summed E-state index contributed by atoms with van der Waals surface area (Å²) in [6.45, 7) is 9.77. The second-order valence-corrected chi connectivity index (χ2v) is 8.76. The van der Waals surface area contributed by atoms with Gasteiger partial charge in [-0.05, 0) is 43.8 Å². The topological polar surface area (TPSA) is 36.9 Å². The molecule has 1 unspecified atom stereocenters. The van der Waals surface area contributed by atoms with Gasteiger partial charge in [-0.1, -0.05) is 20.3 Å². The number of rotatable bonds is 5. The quantitative estimate of drug-likeness (QED) is 0.375. The lowest BCUT2D eigenvalue weighted by atomic mass is 9.78. The predicted molar refractivity (Wildman–Crippen MR) is 117 cm³/mol. The molecule has 2 heterocycles. The van der Waals surface area contributed by atoms with Crippen molar-refractivity contribution in [3.63, 3.8) is 0 Å². The first-order chi connectivity index (χ1) is 11.1. The number of nitrogens with one attached hydrogen (secondary N) is 1. The van der Waals surface area contributed by atoms with E-state index in [1.807, 2.05) is 18.8 Å². The number of nitrogens with zero attached hydrogens (tertiary/aromatic N) is 2. The van der Waals surface area contributed by atoms with Crippen molar-refractivity contribution in [2.75, 3.05) is 46.2 Å². The maximum Gasteiger partial charge on any atom is 0.193 e. The molecule has 4 nitrogen and oxygen atoms in total. The van der Waals surface area contributed by atoms with Gasteiger partial charge in [0.05, 0.1) is 0 Å². The molecule has 1 atom stereocenters. The van der Waals surface area contributed by atoms with Crippen LogP contribution in [0.1, 0.15) is 52.4 Å². The lowest BCUT2D eigenvalue weighted by Gasteiger charge is -2.43. The van der Waals surface area contributed by atoms with Gasteiger partial charge in [-0.15, -0.1) is 24.0 Å². The fourth-order valence-corrected chi connectivity index (χ4v) is 4.86. The monoisotopic (exact) mass is 469 g/mol. The van der Waals surface area contributed by atoms with Crippen LogP contribution < -0.4 is 5.32 Å². The average molecular weight is 469 g/mol. The molecule has 6 heteroatoms. The van der Waals surface area contributed by atoms with Crippen molar-refractivity contribution >= 4 is 41.7 Å². The number of ether oxygens (including phenoxy) is 1. The Labute approximate surface area is 170 Å². The number of likely N-dealkylation sites (tertiary alicyclic amines) is 1. The zero-order chi connectivity index (χ0) is 16.8. The molecule has 142 valence electrons. The second-order valence-electron chi connectivity index (χ2n) is 7.49. The van der Waals surface area contributed by atoms with Crippen LogP contribution >= 0.6 is 35.7 Å². The SMILES string of the molecule is CCCC1(C)CCCN(C(=NC)NCC2(SC)CCOCC2)C1.I. The van der Waals surface area contributed by atoms with E-state index >= 15 is 0 Å². The van der Waals surface area contributed by atoms with E-state index in [2.05, 4.69) is 35.3 Å². The molecule has 0 spiro atoms. The maximum absolute atomic E-state index is 5.55. The lowest BCUT2D eigenvalue weighted by Crippen LogP contribution is -2.53. The number of halogens is 1. The van der Waals surface area contributed by atoms with Crippen molar-refractivity contribution in [3.8, 4) is 0 Å². The molecule has 0 radical (unpaired) electrons. The van der Waals surface area contributed by atoms with Crippen molar-refractivity contribution in [3.05, 3.63) is 0 Å². The van der Waals surface area contributed by atoms with E-state index in [9.17, 15) is 0 Å². The van der Waals surface area contributed by atoms with Crippen LogP contribution in [0.5, 0.6) is 0 Å². The Morgan fingerprint density at radius 2 is 2.00 bits per heavy atom. The molecule has 0 saturated carbocycles. The molecule has 0 bridgehead atoms. The largest absolute Gasteiger partial charge is 0.381 e. The van der Waals surface area contributed by atoms with E-state index < -0.39 is 0 Å². The fraction of sp³-hybridized carbons (Fsp3) is 0.944. The van der Waals surface area contributed by atoms with Crippen LogP contribution in [-0.4, -0.2) is 61.8 Å². The average Bonchev–Trinajstić information content (AvgIpc) is 2.56. The van der Waals surface area contributed by atoms with Gasteiger partial charge in [0, 0.05) is 44.6 Å². The summed E-state index contributed by atoms with van der Waals surface area (Å²) in [5, 5.41) is 3.68. The highest BCUT2D eigenvalue weighted by Gasteiger charge is 2.34. The summed E-state index contributed by atoms with van der Waals surface area (Å²) >= 11 is 1.98. The zero-order valence-electron chi connectivity index (χ0n) is 15.9. The predicted octanol–water partition coefficient (Wildman–Crippen LogP) is 3.99. The van der Waals surface area contributed by atoms with Crippen LogP contribution in [0.25, 0.3) is 0 Å². The van der Waals surface area contributed by atoms with E-state index in [1.165, 1.54) is 25.7 Å². The van der Waals surface area contributed by atoms with Gasteiger partial charge in [0.25, 0.3) is 0 Å². The molecule has 2 aliphatic rings. The van der Waals surface area contributed by atoms with Crippen LogP contribution in [-0.2, 0) is 4.74 Å². The minimum atomic E-state index is 0. The van der Waals surface area contributed by atoms with Gasteiger partial charge < -0.3 is 15.0 Å². The van der Waals surface area contributed by atoms with E-state index in [4.69, 9.17) is 4.74 Å². The van der Waals surface area contributed by atoms with Crippen molar-refractivity contribution < 1.29 is 4.74 Å². The molecule has 0 aromatic carbocycles. The van der Waals surface area contributed by atoms with Crippen molar-refractivity contribution in [1.82, 2.24) is 10.2 Å². The Bertz CT molecular complexity index is 398. The fourth-order valence-electron chi connectivity index (χ4n) is 4.07. The van der Waals surface area contributed by atoms with Crippen LogP contribution in [0, 0.1) is 5.41 Å². The molecular weight excluding hydrogens is 433 g/mol. The summed E-state index contributed by atoms with van der Waals surface area (Å²) in [6.07, 6.45) is 9.70. The highest BCUT2D eigenvalue weighted by Crippen LogP contribution is 2.35. The third-order valence-corrected chi connectivity index (χ3v) is 6.97. The summed E-state index contributed by atoms with van der Waals surface area (Å²) in [7, 11) is 1.92. The standard InChI is InChI=1S/C18H35N3OS.HI/c1-5-7-17(2)8-6-11-21(15-17)16(19-3)20-14-18(23-4)9-12-22-13-10-18;/h5-15H2,1-4H3,(H,19,20);1H. The molecule has 2 fully saturated rings. The summed E-state index contributed by atoms with van der Waals surface area (Å²) < 4.78 is 5.85. The smallest absolute Gasteiger partial charge is 0.193 e. The van der Waals surface area contributed by atoms with Gasteiger partial charge in [0.15, 0.2) is 5.96 Å². The number of piperidine rings is 1. The Kier molecular flexibility index (Phi) is 9.74. The Morgan fingerprint density at radius 3 is 2.58 bits per heavy atom. The lowest BCUT2D eigenvalue weighted by molar-refractivity contribution is 0.0778. The first-order valence-corrected chi connectivity index (χ1v) is 10.4. The van der Waals surface area contributed by atoms with Crippen molar-refractivity contribution in [2.45, 2.75) is 57.1 Å². The van der Waals surface area contributed by atoms with E-state index in [1.54, 1.807) is 0 Å². The summed E-state index contributed by atoms with van der Waals surface area (Å²) in [4.78, 5) is 7.06. The number of hydrogen-bond acceptors (Lipinski definition) is 3. The van der Waals surface area contributed by atoms with Gasteiger partial charge in [-0.25, -0.2) is 0 Å². The van der Waals surface area contributed by atoms with E-state index in [0.717, 1.165) is 51.6 Å². The van der Waals surface area contributed by atoms with Crippen LogP contribution in [0.2, 0.25) is 0 Å². The third-order valence-electron chi connectivity index (χ3n) is 5.55. The molecule has 1 N–H and O–H groups in total. The molecule has 0 aliphatic carbocycles. The molecule has 24 heavy (non-hydrogen) atoms. The van der Waals surface area contributed by atoms with Gasteiger partial charge in [-0.3, -0.25) is 4.99 Å². The number of hydrogen-bond donors (Lipinski definition) is 1. The van der Waals surface area contributed by atoms with Crippen molar-refractivity contribution in [1.29, 1.82) is 0 Å². The van der Waals surface area contributed by atoms with Crippen LogP contribution in [0.4, 0.5) is 0 Å². The third kappa shape index (κ3) is 5.94. The number of guanidine groups is 1. The second kappa shape index (κ2) is 10.5. The highest BCUT2D eigenvalue weighted by molar-refractivity contribution is 14.0. The minimum absolute atomic E-state index is 0. The molecule has 0 amide bonds. The minimum Gasteiger partial charge on any atom is -0.381 e. The normalized spacial score (nSPS) is 27.5. The molecular formula is C18H36IN3OS. The van der Waals surface area contributed by atoms with Crippen molar-refractivity contribution in [2.24, 2.45) is 10.4 Å². The first kappa shape index (κ1) is 22.4. The Morgan fingerprint density at radius 1 is 1.29 bits per heavy atom. The maximum atomic E-state index is 5.55. The molecule has 0 aromatic heterocycles. The van der Waals surface area contributed by atoms with Crippen LogP contribution in [0.3, 0.4) is 0 Å². The zero-order valence-corrected chi connectivity index (χ0v) is 19.0. The molecule has 2 aliphatic heterocycles. The molecule has 2 rings (SSSR count). The van der Waals surface area contributed by atoms with Crippen LogP contribution in [0.15, 0.2) is 4.99 Å². The van der Waals surface area contributed by atoms with Gasteiger partial charge >= 0.3 is 0 Å². The highest BCUT2D eigenvalue weighted by atomic mass is 127. The summed E-state index contributed by atoms with van der Waals surface area (Å²) in [6, 6.07) is 0. The van der Waals surface area contributed by atoms with Gasteiger partial charge in [-0.2, -0.15) is 11.8 Å². The summed E-state index contributed by atoms with van der Waals surface area (Å²) in [5.74, 6) is 1.09. The van der Waals surface area contributed by atoms with Gasteiger partial charge in [0.1, 0.15) is 0 Å². The number of aliphatic imine (C=N–C) groups is 1. The van der Waals surface area contributed by atoms with E-state index in [-0.39, 0.29) is 24.0 Å². The Balaban J connectivity index is 0.00000288. The Hall–Kier alpha value is 0.310. The molecule has 0 aromatic rings. The van der Waals surface area contributed by atoms with E-state index in [0.29, 0.717) is 10.2 Å². The van der Waals surface area contributed by atoms with Gasteiger partial charge in [0.2, 0.25) is 0 Å². The first-order valence-electron chi connectivity index (χ1n) is 9.15. The summed E-state index contributed by atoms with van der Waals surface area (Å²) in [5.41, 5.74) is 0.445. The number of thioether (sulfide) groups is 1.